The second kappa shape index (κ2) is 8.83. The van der Waals surface area contributed by atoms with Crippen molar-refractivity contribution in [2.24, 2.45) is 0 Å². The summed E-state index contributed by atoms with van der Waals surface area (Å²) in [6.07, 6.45) is 0.328. The molecule has 0 aromatic rings. The summed E-state index contributed by atoms with van der Waals surface area (Å²) in [5.41, 5.74) is 0. The van der Waals surface area contributed by atoms with Crippen LogP contribution in [0.3, 0.4) is 0 Å². The van der Waals surface area contributed by atoms with Crippen LogP contribution < -0.4 is 10.6 Å². The van der Waals surface area contributed by atoms with Gasteiger partial charge in [0.25, 0.3) is 0 Å². The molecule has 0 heterocycles. The molecule has 6 heteroatoms. The minimum Gasteiger partial charge on any atom is -0.383 e. The molecule has 0 atom stereocenters. The van der Waals surface area contributed by atoms with Gasteiger partial charge in [0.1, 0.15) is 0 Å². The molecule has 0 bridgehead atoms. The van der Waals surface area contributed by atoms with Gasteiger partial charge in [0.05, 0.1) is 13.2 Å². The summed E-state index contributed by atoms with van der Waals surface area (Å²) < 4.78 is 4.74. The number of carbonyl (C=O) groups excluding carboxylic acids is 2. The van der Waals surface area contributed by atoms with E-state index in [1.807, 2.05) is 0 Å². The molecule has 0 aromatic carbocycles. The van der Waals surface area contributed by atoms with Crippen LogP contribution >= 0.6 is 12.6 Å². The predicted octanol–water partition coefficient (Wildman–Crippen LogP) is -0.815. The number of ether oxygens (including phenoxy) is 1. The maximum Gasteiger partial charge on any atom is 0.239 e. The van der Waals surface area contributed by atoms with Gasteiger partial charge in [-0.25, -0.2) is 0 Å². The summed E-state index contributed by atoms with van der Waals surface area (Å²) in [4.78, 5) is 21.9. The van der Waals surface area contributed by atoms with E-state index in [-0.39, 0.29) is 18.4 Å². The molecular weight excluding hydrogens is 204 g/mol. The monoisotopic (exact) mass is 220 g/mol. The maximum atomic E-state index is 11.0. The van der Waals surface area contributed by atoms with Gasteiger partial charge in [0, 0.05) is 20.1 Å². The van der Waals surface area contributed by atoms with E-state index in [4.69, 9.17) is 4.74 Å². The van der Waals surface area contributed by atoms with Gasteiger partial charge >= 0.3 is 0 Å². The second-order valence-electron chi connectivity index (χ2n) is 2.59. The van der Waals surface area contributed by atoms with Gasteiger partial charge < -0.3 is 15.4 Å². The van der Waals surface area contributed by atoms with Crippen LogP contribution in [0, 0.1) is 0 Å². The van der Waals surface area contributed by atoms with Crippen LogP contribution in [0.2, 0.25) is 0 Å². The molecule has 0 unspecified atom stereocenters. The third kappa shape index (κ3) is 7.88. The Labute approximate surface area is 89.0 Å². The van der Waals surface area contributed by atoms with Gasteiger partial charge in [-0.15, -0.1) is 0 Å². The number of hydrogen-bond donors (Lipinski definition) is 3. The standard InChI is InChI=1S/C8H16N2O3S/c1-13-4-3-9-8(12)6-10-7(11)2-5-14/h14H,2-6H2,1H3,(H,9,12)(H,10,11). The average Bonchev–Trinajstić information content (AvgIpc) is 2.16. The van der Waals surface area contributed by atoms with Crippen molar-refractivity contribution >= 4 is 24.4 Å². The molecule has 5 nitrogen and oxygen atoms in total. The highest BCUT2D eigenvalue weighted by molar-refractivity contribution is 7.80. The Morgan fingerprint density at radius 2 is 2.00 bits per heavy atom. The van der Waals surface area contributed by atoms with E-state index in [9.17, 15) is 9.59 Å². The van der Waals surface area contributed by atoms with E-state index >= 15 is 0 Å². The highest BCUT2D eigenvalue weighted by atomic mass is 32.1. The van der Waals surface area contributed by atoms with Crippen molar-refractivity contribution in [2.45, 2.75) is 6.42 Å². The highest BCUT2D eigenvalue weighted by Crippen LogP contribution is 1.82. The third-order valence-corrected chi connectivity index (χ3v) is 1.64. The lowest BCUT2D eigenvalue weighted by Crippen LogP contribution is -2.38. The Morgan fingerprint density at radius 3 is 2.57 bits per heavy atom. The molecule has 0 aliphatic rings. The van der Waals surface area contributed by atoms with E-state index in [0.717, 1.165) is 0 Å². The van der Waals surface area contributed by atoms with Gasteiger partial charge in [-0.05, 0) is 5.75 Å². The molecule has 0 rings (SSSR count). The maximum absolute atomic E-state index is 11.0. The highest BCUT2D eigenvalue weighted by Gasteiger charge is 2.03. The van der Waals surface area contributed by atoms with Crippen molar-refractivity contribution < 1.29 is 14.3 Å². The van der Waals surface area contributed by atoms with Crippen LogP contribution in [0.25, 0.3) is 0 Å². The van der Waals surface area contributed by atoms with Gasteiger partial charge in [-0.1, -0.05) is 0 Å². The van der Waals surface area contributed by atoms with Crippen LogP contribution in [0.1, 0.15) is 6.42 Å². The van der Waals surface area contributed by atoms with Crippen LogP contribution in [0.5, 0.6) is 0 Å². The van der Waals surface area contributed by atoms with E-state index in [1.165, 1.54) is 0 Å². The van der Waals surface area contributed by atoms with Crippen molar-refractivity contribution in [1.82, 2.24) is 10.6 Å². The number of carbonyl (C=O) groups is 2. The third-order valence-electron chi connectivity index (χ3n) is 1.41. The Kier molecular flexibility index (Phi) is 8.36. The largest absolute Gasteiger partial charge is 0.383 e. The van der Waals surface area contributed by atoms with Crippen molar-refractivity contribution in [1.29, 1.82) is 0 Å². The van der Waals surface area contributed by atoms with E-state index in [1.54, 1.807) is 7.11 Å². The summed E-state index contributed by atoms with van der Waals surface area (Å²) in [6.45, 7) is 0.935. The Balaban J connectivity index is 3.39. The molecule has 0 aliphatic carbocycles. The first-order chi connectivity index (χ1) is 6.70. The molecule has 14 heavy (non-hydrogen) atoms. The number of amides is 2. The van der Waals surface area contributed by atoms with Crippen molar-refractivity contribution in [3.05, 3.63) is 0 Å². The average molecular weight is 220 g/mol. The zero-order valence-corrected chi connectivity index (χ0v) is 9.10. The van der Waals surface area contributed by atoms with Gasteiger partial charge in [0.15, 0.2) is 0 Å². The number of nitrogens with one attached hydrogen (secondary N) is 2. The summed E-state index contributed by atoms with van der Waals surface area (Å²) in [7, 11) is 1.56. The topological polar surface area (TPSA) is 67.4 Å². The minimum atomic E-state index is -0.213. The molecular formula is C8H16N2O3S. The Bertz CT molecular complexity index is 187. The first-order valence-electron chi connectivity index (χ1n) is 4.34. The number of hydrogen-bond acceptors (Lipinski definition) is 4. The van der Waals surface area contributed by atoms with E-state index in [0.29, 0.717) is 25.3 Å². The molecule has 0 fully saturated rings. The SMILES string of the molecule is COCCNC(=O)CNC(=O)CCS. The van der Waals surface area contributed by atoms with Crippen molar-refractivity contribution in [3.8, 4) is 0 Å². The van der Waals surface area contributed by atoms with E-state index in [2.05, 4.69) is 23.3 Å². The number of thiol groups is 1. The summed E-state index contributed by atoms with van der Waals surface area (Å²) in [5.74, 6) is 0.105. The second-order valence-corrected chi connectivity index (χ2v) is 3.04. The molecule has 0 aromatic heterocycles. The quantitative estimate of drug-likeness (QED) is 0.388. The molecule has 0 spiro atoms. The first-order valence-corrected chi connectivity index (χ1v) is 4.97. The van der Waals surface area contributed by atoms with Crippen LogP contribution in [0.4, 0.5) is 0 Å². The zero-order valence-electron chi connectivity index (χ0n) is 8.21. The first kappa shape index (κ1) is 13.2. The molecule has 2 amide bonds. The van der Waals surface area contributed by atoms with Gasteiger partial charge in [-0.3, -0.25) is 9.59 Å². The lowest BCUT2D eigenvalue weighted by molar-refractivity contribution is -0.125. The van der Waals surface area contributed by atoms with Gasteiger partial charge in [-0.2, -0.15) is 12.6 Å². The Hall–Kier alpha value is -0.750. The lowest BCUT2D eigenvalue weighted by Gasteiger charge is -2.05. The summed E-state index contributed by atoms with van der Waals surface area (Å²) >= 11 is 3.90. The van der Waals surface area contributed by atoms with Crippen molar-refractivity contribution in [3.63, 3.8) is 0 Å². The van der Waals surface area contributed by atoms with Gasteiger partial charge in [0.2, 0.25) is 11.8 Å². The normalized spacial score (nSPS) is 9.57. The molecule has 0 saturated carbocycles. The lowest BCUT2D eigenvalue weighted by atomic mass is 10.4. The van der Waals surface area contributed by atoms with Crippen molar-refractivity contribution in [2.75, 3.05) is 32.6 Å². The van der Waals surface area contributed by atoms with E-state index < -0.39 is 0 Å². The summed E-state index contributed by atoms with van der Waals surface area (Å²) in [6, 6.07) is 0. The minimum absolute atomic E-state index is 0.0102. The van der Waals surface area contributed by atoms with Crippen LogP contribution in [-0.2, 0) is 14.3 Å². The Morgan fingerprint density at radius 1 is 1.29 bits per heavy atom. The summed E-state index contributed by atoms with van der Waals surface area (Å²) in [5, 5.41) is 5.05. The zero-order chi connectivity index (χ0) is 10.8. The fraction of sp³-hybridized carbons (Fsp3) is 0.750. The molecule has 82 valence electrons. The fourth-order valence-corrected chi connectivity index (χ4v) is 0.927. The predicted molar refractivity (Wildman–Crippen MR) is 56.4 cm³/mol. The number of methoxy groups -OCH3 is 1. The van der Waals surface area contributed by atoms with Crippen LogP contribution in [-0.4, -0.2) is 44.4 Å². The fourth-order valence-electron chi connectivity index (χ4n) is 0.724. The smallest absolute Gasteiger partial charge is 0.239 e. The molecule has 0 saturated heterocycles. The number of rotatable bonds is 7. The van der Waals surface area contributed by atoms with Crippen LogP contribution in [0.15, 0.2) is 0 Å². The molecule has 0 radical (unpaired) electrons. The molecule has 0 aliphatic heterocycles. The molecule has 2 N–H and O–H groups in total.